The molecule has 0 aliphatic heterocycles. The number of aryl methyl sites for hydroxylation is 1. The fourth-order valence-electron chi connectivity index (χ4n) is 2.08. The van der Waals surface area contributed by atoms with Gasteiger partial charge >= 0.3 is 0 Å². The maximum absolute atomic E-state index is 13.5. The third kappa shape index (κ3) is 6.92. The Morgan fingerprint density at radius 1 is 1.25 bits per heavy atom. The van der Waals surface area contributed by atoms with Crippen LogP contribution in [0.5, 0.6) is 0 Å². The van der Waals surface area contributed by atoms with Gasteiger partial charge in [0.1, 0.15) is 5.83 Å². The maximum atomic E-state index is 13.5. The van der Waals surface area contributed by atoms with E-state index in [1.165, 1.54) is 11.8 Å². The van der Waals surface area contributed by atoms with Crippen LogP contribution in [0.2, 0.25) is 0 Å². The van der Waals surface area contributed by atoms with Crippen molar-refractivity contribution in [2.24, 2.45) is 4.99 Å². The first kappa shape index (κ1) is 19.8. The van der Waals surface area contributed by atoms with Crippen LogP contribution in [0, 0.1) is 6.92 Å². The minimum absolute atomic E-state index is 0.290. The van der Waals surface area contributed by atoms with E-state index in [9.17, 15) is 4.39 Å². The van der Waals surface area contributed by atoms with Crippen molar-refractivity contribution in [3.63, 3.8) is 0 Å². The highest BCUT2D eigenvalue weighted by Crippen LogP contribution is 2.19. The minimum atomic E-state index is -0.290. The van der Waals surface area contributed by atoms with E-state index in [0.717, 1.165) is 29.9 Å². The molecule has 1 aromatic rings. The minimum Gasteiger partial charge on any atom is -0.386 e. The van der Waals surface area contributed by atoms with Crippen LogP contribution in [0.1, 0.15) is 25.0 Å². The molecule has 0 atom stereocenters. The number of aliphatic imine (C=N–C) groups is 1. The normalized spacial score (nSPS) is 11.6. The van der Waals surface area contributed by atoms with Crippen molar-refractivity contribution in [3.8, 4) is 0 Å². The molecule has 0 aliphatic carbocycles. The van der Waals surface area contributed by atoms with Gasteiger partial charge in [-0.1, -0.05) is 30.8 Å². The number of nitrogens with zero attached hydrogens (tertiary/aromatic N) is 1. The smallest absolute Gasteiger partial charge is 0.139 e. The van der Waals surface area contributed by atoms with E-state index >= 15 is 0 Å². The van der Waals surface area contributed by atoms with Gasteiger partial charge in [-0.3, -0.25) is 4.99 Å². The molecular weight excluding hydrogens is 301 g/mol. The van der Waals surface area contributed by atoms with Crippen LogP contribution in [-0.4, -0.2) is 32.9 Å². The average Bonchev–Trinajstić information content (AvgIpc) is 2.54. The monoisotopic (exact) mass is 329 g/mol. The molecule has 0 saturated carbocycles. The van der Waals surface area contributed by atoms with E-state index in [1.807, 2.05) is 31.3 Å². The molecule has 0 amide bonds. The molecule has 0 radical (unpaired) electrons. The number of benzene rings is 1. The third-order valence-corrected chi connectivity index (χ3v) is 3.51. The van der Waals surface area contributed by atoms with Gasteiger partial charge < -0.3 is 10.6 Å². The number of nitrogens with one attached hydrogen (secondary N) is 2. The lowest BCUT2D eigenvalue weighted by molar-refractivity contribution is 0.672. The highest BCUT2D eigenvalue weighted by molar-refractivity contribution is 5.77. The molecule has 4 heteroatoms. The Bertz CT molecular complexity index is 638. The molecule has 2 N–H and O–H groups in total. The molecular formula is C20H28FN3. The van der Waals surface area contributed by atoms with E-state index < -0.39 is 0 Å². The average molecular weight is 329 g/mol. The molecule has 0 bridgehead atoms. The zero-order valence-corrected chi connectivity index (χ0v) is 15.1. The van der Waals surface area contributed by atoms with E-state index in [4.69, 9.17) is 0 Å². The first-order chi connectivity index (χ1) is 11.5. The predicted octanol–water partition coefficient (Wildman–Crippen LogP) is 4.04. The van der Waals surface area contributed by atoms with Gasteiger partial charge in [0.2, 0.25) is 0 Å². The predicted molar refractivity (Wildman–Crippen MR) is 103 cm³/mol. The lowest BCUT2D eigenvalue weighted by Crippen LogP contribution is -2.25. The van der Waals surface area contributed by atoms with Crippen LogP contribution in [0.4, 0.5) is 4.39 Å². The molecule has 0 unspecified atom stereocenters. The summed E-state index contributed by atoms with van der Waals surface area (Å²) in [6.45, 7) is 11.7. The lowest BCUT2D eigenvalue weighted by Gasteiger charge is -2.11. The number of rotatable bonds is 9. The number of hydrogen-bond acceptors (Lipinski definition) is 3. The molecule has 24 heavy (non-hydrogen) atoms. The largest absolute Gasteiger partial charge is 0.386 e. The van der Waals surface area contributed by atoms with Crippen molar-refractivity contribution in [3.05, 3.63) is 65.1 Å². The Kier molecular flexibility index (Phi) is 8.72. The number of hydrogen-bond donors (Lipinski definition) is 2. The molecule has 130 valence electrons. The summed E-state index contributed by atoms with van der Waals surface area (Å²) in [7, 11) is 1.90. The molecule has 0 aromatic heterocycles. The van der Waals surface area contributed by atoms with Crippen LogP contribution >= 0.6 is 0 Å². The summed E-state index contributed by atoms with van der Waals surface area (Å²) in [5.41, 5.74) is 4.73. The van der Waals surface area contributed by atoms with Crippen LogP contribution in [0.15, 0.2) is 59.0 Å². The molecule has 0 saturated heterocycles. The van der Waals surface area contributed by atoms with Gasteiger partial charge in [-0.05, 0) is 56.2 Å². The summed E-state index contributed by atoms with van der Waals surface area (Å²) < 4.78 is 13.5. The Balaban J connectivity index is 2.89. The Labute approximate surface area is 145 Å². The van der Waals surface area contributed by atoms with E-state index in [1.54, 1.807) is 13.8 Å². The summed E-state index contributed by atoms with van der Waals surface area (Å²) in [6, 6.07) is 8.11. The van der Waals surface area contributed by atoms with E-state index in [2.05, 4.69) is 35.2 Å². The summed E-state index contributed by atoms with van der Waals surface area (Å²) in [4.78, 5) is 4.19. The Hall–Kier alpha value is -2.20. The molecule has 3 nitrogen and oxygen atoms in total. The lowest BCUT2D eigenvalue weighted by atomic mass is 10.0. The standard InChI is InChI=1S/C20H28FN3/c1-15(2)20(21)14-23-13-18(24-11-10-22-5)12-17(4)19-9-7-6-8-16(19)3/h6-9,12,14,22,24H,4,10-11,13H2,1-3,5H3/b18-12+,23-14?. The Morgan fingerprint density at radius 2 is 1.96 bits per heavy atom. The molecule has 0 spiro atoms. The number of allylic oxidation sites excluding steroid dienone is 4. The van der Waals surface area contributed by atoms with Crippen molar-refractivity contribution in [1.82, 2.24) is 10.6 Å². The van der Waals surface area contributed by atoms with Crippen LogP contribution < -0.4 is 10.6 Å². The summed E-state index contributed by atoms with van der Waals surface area (Å²) >= 11 is 0. The molecule has 1 rings (SSSR count). The first-order valence-electron chi connectivity index (χ1n) is 8.12. The fourth-order valence-corrected chi connectivity index (χ4v) is 2.08. The molecule has 0 aliphatic rings. The van der Waals surface area contributed by atoms with Crippen molar-refractivity contribution >= 4 is 11.8 Å². The van der Waals surface area contributed by atoms with Crippen molar-refractivity contribution in [2.75, 3.05) is 26.7 Å². The highest BCUT2D eigenvalue weighted by atomic mass is 19.1. The number of halogens is 1. The van der Waals surface area contributed by atoms with Crippen molar-refractivity contribution in [1.29, 1.82) is 0 Å². The van der Waals surface area contributed by atoms with Gasteiger partial charge in [0, 0.05) is 18.8 Å². The summed E-state index contributed by atoms with van der Waals surface area (Å²) in [5.74, 6) is -0.290. The SMILES string of the molecule is C=C(/C=C(\CN=CC(F)=C(C)C)NCCNC)c1ccccc1C. The molecule has 1 aromatic carbocycles. The zero-order chi connectivity index (χ0) is 17.9. The van der Waals surface area contributed by atoms with Gasteiger partial charge in [-0.25, -0.2) is 4.39 Å². The van der Waals surface area contributed by atoms with Gasteiger partial charge in [0.05, 0.1) is 12.8 Å². The maximum Gasteiger partial charge on any atom is 0.139 e. The first-order valence-corrected chi connectivity index (χ1v) is 8.12. The second-order valence-electron chi connectivity index (χ2n) is 5.86. The second kappa shape index (κ2) is 10.6. The molecule has 0 fully saturated rings. The van der Waals surface area contributed by atoms with Crippen molar-refractivity contribution in [2.45, 2.75) is 20.8 Å². The fraction of sp³-hybridized carbons (Fsp3) is 0.350. The van der Waals surface area contributed by atoms with Crippen molar-refractivity contribution < 1.29 is 4.39 Å². The van der Waals surface area contributed by atoms with Crippen LogP contribution in [0.3, 0.4) is 0 Å². The summed E-state index contributed by atoms with van der Waals surface area (Å²) in [6.07, 6.45) is 3.26. The van der Waals surface area contributed by atoms with E-state index in [-0.39, 0.29) is 5.83 Å². The third-order valence-electron chi connectivity index (χ3n) is 3.51. The quantitative estimate of drug-likeness (QED) is 0.408. The van der Waals surface area contributed by atoms with Gasteiger partial charge in [-0.2, -0.15) is 0 Å². The Morgan fingerprint density at radius 3 is 2.58 bits per heavy atom. The molecule has 0 heterocycles. The van der Waals surface area contributed by atoms with Gasteiger partial charge in [0.25, 0.3) is 0 Å². The topological polar surface area (TPSA) is 36.4 Å². The van der Waals surface area contributed by atoms with Gasteiger partial charge in [0.15, 0.2) is 0 Å². The van der Waals surface area contributed by atoms with Crippen LogP contribution in [-0.2, 0) is 0 Å². The van der Waals surface area contributed by atoms with Crippen LogP contribution in [0.25, 0.3) is 5.57 Å². The van der Waals surface area contributed by atoms with Gasteiger partial charge in [-0.15, -0.1) is 0 Å². The zero-order valence-electron chi connectivity index (χ0n) is 15.1. The second-order valence-corrected chi connectivity index (χ2v) is 5.86. The van der Waals surface area contributed by atoms with E-state index in [0.29, 0.717) is 12.1 Å². The number of likely N-dealkylation sites (N-methyl/N-ethyl adjacent to an activating group) is 1. The highest BCUT2D eigenvalue weighted by Gasteiger charge is 2.02. The summed E-state index contributed by atoms with van der Waals surface area (Å²) in [5, 5.41) is 6.42.